The quantitative estimate of drug-likeness (QED) is 0.0211. The second-order valence-corrected chi connectivity index (χ2v) is 25.2. The number of allylic oxidation sites excluding steroid dienone is 8. The van der Waals surface area contributed by atoms with Crippen molar-refractivity contribution in [3.8, 4) is 0 Å². The molecular weight excluding hydrogens is 1020 g/mol. The van der Waals surface area contributed by atoms with Gasteiger partial charge in [0.15, 0.2) is 6.10 Å². The van der Waals surface area contributed by atoms with Gasteiger partial charge in [-0.3, -0.25) is 9.59 Å². The molecule has 0 aliphatic carbocycles. The molecule has 0 saturated carbocycles. The molecule has 0 aliphatic rings. The van der Waals surface area contributed by atoms with E-state index in [9.17, 15) is 19.5 Å². The van der Waals surface area contributed by atoms with Crippen LogP contribution in [0.1, 0.15) is 341 Å². The van der Waals surface area contributed by atoms with Crippen LogP contribution in [0.4, 0.5) is 0 Å². The normalized spacial score (nSPS) is 12.9. The van der Waals surface area contributed by atoms with Crippen molar-refractivity contribution in [1.82, 2.24) is 0 Å². The van der Waals surface area contributed by atoms with Crippen molar-refractivity contribution in [1.29, 1.82) is 0 Å². The molecule has 1 N–H and O–H groups in total. The first kappa shape index (κ1) is 79.2. The van der Waals surface area contributed by atoms with Gasteiger partial charge in [0.25, 0.3) is 6.29 Å². The number of quaternary nitrogens is 1. The minimum atomic E-state index is -1.52. The maximum absolute atomic E-state index is 12.9. The van der Waals surface area contributed by atoms with Crippen molar-refractivity contribution in [2.24, 2.45) is 0 Å². The molecule has 9 nitrogen and oxygen atoms in total. The molecule has 0 spiro atoms. The van der Waals surface area contributed by atoms with Crippen LogP contribution in [-0.2, 0) is 33.3 Å². The van der Waals surface area contributed by atoms with Gasteiger partial charge in [-0.1, -0.05) is 326 Å². The molecule has 0 amide bonds. The molecular formula is C73H136NO8+. The van der Waals surface area contributed by atoms with Crippen molar-refractivity contribution < 1.29 is 42.9 Å². The molecule has 9 heteroatoms. The van der Waals surface area contributed by atoms with Gasteiger partial charge >= 0.3 is 17.9 Å². The highest BCUT2D eigenvalue weighted by Gasteiger charge is 2.25. The molecule has 0 aromatic carbocycles. The summed E-state index contributed by atoms with van der Waals surface area (Å²) in [6, 6.07) is 0. The molecule has 82 heavy (non-hydrogen) atoms. The van der Waals surface area contributed by atoms with Crippen molar-refractivity contribution >= 4 is 17.9 Å². The number of carbonyl (C=O) groups is 3. The molecule has 0 aromatic heterocycles. The van der Waals surface area contributed by atoms with Crippen molar-refractivity contribution in [3.05, 3.63) is 48.6 Å². The van der Waals surface area contributed by atoms with Crippen LogP contribution < -0.4 is 0 Å². The van der Waals surface area contributed by atoms with Crippen molar-refractivity contribution in [3.63, 3.8) is 0 Å². The predicted molar refractivity (Wildman–Crippen MR) is 350 cm³/mol. The number of nitrogens with zero attached hydrogens (tertiary/aromatic N) is 1. The molecule has 0 saturated heterocycles. The number of likely N-dealkylation sites (N-methyl/N-ethyl adjacent to an activating group) is 1. The van der Waals surface area contributed by atoms with Gasteiger partial charge in [-0.25, -0.2) is 4.79 Å². The lowest BCUT2D eigenvalue weighted by Crippen LogP contribution is -2.40. The summed E-state index contributed by atoms with van der Waals surface area (Å²) in [4.78, 5) is 37.5. The minimum Gasteiger partial charge on any atom is -0.477 e. The lowest BCUT2D eigenvalue weighted by molar-refractivity contribution is -0.870. The Balaban J connectivity index is 3.91. The van der Waals surface area contributed by atoms with Crippen molar-refractivity contribution in [2.45, 2.75) is 354 Å². The molecule has 0 fully saturated rings. The molecule has 480 valence electrons. The summed E-state index contributed by atoms with van der Waals surface area (Å²) in [6.45, 7) is 4.78. The van der Waals surface area contributed by atoms with Gasteiger partial charge in [-0.2, -0.15) is 0 Å². The van der Waals surface area contributed by atoms with Gasteiger partial charge in [0.2, 0.25) is 0 Å². The summed E-state index contributed by atoms with van der Waals surface area (Å²) in [7, 11) is 5.97. The van der Waals surface area contributed by atoms with Crippen molar-refractivity contribution in [2.75, 3.05) is 47.5 Å². The fourth-order valence-electron chi connectivity index (χ4n) is 10.5. The van der Waals surface area contributed by atoms with Gasteiger partial charge in [0.05, 0.1) is 34.4 Å². The summed E-state index contributed by atoms with van der Waals surface area (Å²) in [6.07, 6.45) is 79.8. The first-order valence-corrected chi connectivity index (χ1v) is 35.3. The Labute approximate surface area is 508 Å². The summed E-state index contributed by atoms with van der Waals surface area (Å²) in [5.74, 6) is -2.02. The Bertz CT molecular complexity index is 1480. The first-order chi connectivity index (χ1) is 40.1. The fourth-order valence-corrected chi connectivity index (χ4v) is 10.5. The highest BCUT2D eigenvalue weighted by molar-refractivity contribution is 5.71. The van der Waals surface area contributed by atoms with Crippen LogP contribution in [-0.4, -0.2) is 87.4 Å². The van der Waals surface area contributed by atoms with Gasteiger partial charge in [0.1, 0.15) is 13.2 Å². The second-order valence-electron chi connectivity index (χ2n) is 25.2. The van der Waals surface area contributed by atoms with E-state index in [4.69, 9.17) is 18.9 Å². The van der Waals surface area contributed by atoms with E-state index in [0.29, 0.717) is 23.9 Å². The number of ether oxygens (including phenoxy) is 4. The standard InChI is InChI=1S/C73H135NO8/c1-6-8-10-12-14-16-18-20-22-24-25-26-27-28-29-30-31-32-33-34-35-36-37-38-39-40-41-42-43-44-45-46-48-49-51-53-55-57-59-61-63-70(75)80-67-69(68-81-73(72(77)78)79-66-65-74(3,4)5)82-71(76)64-62-60-58-56-54-52-50-47-23-21-19-17-15-13-11-9-7-2/h9,11,15,17,21,23,50,52,69,73H,6-8,10,12-14,16,18-20,22,24-49,51,53-68H2,1-5H3/p+1/b11-9-,17-15-,23-21-,52-50-. The average Bonchev–Trinajstić information content (AvgIpc) is 3.45. The lowest BCUT2D eigenvalue weighted by Gasteiger charge is -2.25. The number of carbonyl (C=O) groups excluding carboxylic acids is 2. The van der Waals surface area contributed by atoms with E-state index in [-0.39, 0.29) is 32.2 Å². The lowest BCUT2D eigenvalue weighted by atomic mass is 10.0. The number of esters is 2. The molecule has 0 rings (SSSR count). The Kier molecular flexibility index (Phi) is 62.1. The van der Waals surface area contributed by atoms with E-state index in [1.54, 1.807) is 0 Å². The average molecular weight is 1160 g/mol. The SMILES string of the molecule is CC/C=C\C/C=C\C/C=C\C/C=C\CCCCCCC(=O)OC(COC(=O)CCCCCCCCCCCCCCCCCCCCCCCCCCCCCCCCCCCCCCCCCC)COC(OCC[N+](C)(C)C)C(=O)O. The Hall–Kier alpha value is -2.75. The molecule has 0 heterocycles. The zero-order chi connectivity index (χ0) is 59.8. The zero-order valence-electron chi connectivity index (χ0n) is 54.9. The number of rotatable bonds is 66. The van der Waals surface area contributed by atoms with E-state index >= 15 is 0 Å². The van der Waals surface area contributed by atoms with E-state index in [2.05, 4.69) is 62.5 Å². The number of carboxylic acids is 1. The monoisotopic (exact) mass is 1160 g/mol. The summed E-state index contributed by atoms with van der Waals surface area (Å²) in [5, 5.41) is 9.72. The van der Waals surface area contributed by atoms with E-state index in [0.717, 1.165) is 70.6 Å². The summed E-state index contributed by atoms with van der Waals surface area (Å²) < 4.78 is 22.9. The summed E-state index contributed by atoms with van der Waals surface area (Å²) in [5.41, 5.74) is 0. The van der Waals surface area contributed by atoms with Crippen LogP contribution in [0.25, 0.3) is 0 Å². The van der Waals surface area contributed by atoms with Gasteiger partial charge in [0, 0.05) is 12.8 Å². The number of hydrogen-bond donors (Lipinski definition) is 1. The molecule has 0 aliphatic heterocycles. The first-order valence-electron chi connectivity index (χ1n) is 35.3. The maximum atomic E-state index is 12.9. The van der Waals surface area contributed by atoms with Gasteiger partial charge in [-0.15, -0.1) is 0 Å². The highest BCUT2D eigenvalue weighted by atomic mass is 16.7. The number of hydrogen-bond acceptors (Lipinski definition) is 7. The van der Waals surface area contributed by atoms with Crippen LogP contribution in [0.3, 0.4) is 0 Å². The number of unbranched alkanes of at least 4 members (excludes halogenated alkanes) is 43. The number of carboxylic acid groups (broad SMARTS) is 1. The molecule has 0 radical (unpaired) electrons. The van der Waals surface area contributed by atoms with Crippen LogP contribution >= 0.6 is 0 Å². The molecule has 0 aromatic rings. The predicted octanol–water partition coefficient (Wildman–Crippen LogP) is 21.8. The third-order valence-electron chi connectivity index (χ3n) is 15.8. The van der Waals surface area contributed by atoms with Gasteiger partial charge in [-0.05, 0) is 51.4 Å². The topological polar surface area (TPSA) is 108 Å². The zero-order valence-corrected chi connectivity index (χ0v) is 54.9. The van der Waals surface area contributed by atoms with Crippen LogP contribution in [0.15, 0.2) is 48.6 Å². The largest absolute Gasteiger partial charge is 0.477 e. The van der Waals surface area contributed by atoms with Crippen LogP contribution in [0.5, 0.6) is 0 Å². The Morgan fingerprint density at radius 3 is 1.04 bits per heavy atom. The molecule has 2 atom stereocenters. The fraction of sp³-hybridized carbons (Fsp3) is 0.849. The Morgan fingerprint density at radius 2 is 0.695 bits per heavy atom. The van der Waals surface area contributed by atoms with E-state index < -0.39 is 24.3 Å². The van der Waals surface area contributed by atoms with E-state index in [1.807, 2.05) is 21.1 Å². The van der Waals surface area contributed by atoms with Crippen LogP contribution in [0.2, 0.25) is 0 Å². The van der Waals surface area contributed by atoms with Gasteiger partial charge < -0.3 is 28.5 Å². The maximum Gasteiger partial charge on any atom is 0.361 e. The van der Waals surface area contributed by atoms with Crippen LogP contribution in [0, 0.1) is 0 Å². The van der Waals surface area contributed by atoms with E-state index in [1.165, 1.54) is 238 Å². The minimum absolute atomic E-state index is 0.183. The smallest absolute Gasteiger partial charge is 0.361 e. The number of aliphatic carboxylic acids is 1. The Morgan fingerprint density at radius 1 is 0.378 bits per heavy atom. The second kappa shape index (κ2) is 64.3. The summed E-state index contributed by atoms with van der Waals surface area (Å²) >= 11 is 0. The highest BCUT2D eigenvalue weighted by Crippen LogP contribution is 2.19. The third-order valence-corrected chi connectivity index (χ3v) is 15.8. The third kappa shape index (κ3) is 64.8. The molecule has 0 bridgehead atoms. The molecule has 2 unspecified atom stereocenters.